The second kappa shape index (κ2) is 4.60. The van der Waals surface area contributed by atoms with Crippen LogP contribution in [0, 0.1) is 6.92 Å². The van der Waals surface area contributed by atoms with Gasteiger partial charge in [-0.05, 0) is 26.0 Å². The number of benzene rings is 1. The van der Waals surface area contributed by atoms with Crippen LogP contribution in [0.3, 0.4) is 0 Å². The van der Waals surface area contributed by atoms with E-state index in [1.165, 1.54) is 0 Å². The van der Waals surface area contributed by atoms with Gasteiger partial charge in [-0.1, -0.05) is 28.1 Å². The van der Waals surface area contributed by atoms with Crippen LogP contribution < -0.4 is 0 Å². The molecular formula is C12H11BrClNO. The van der Waals surface area contributed by atoms with E-state index in [4.69, 9.17) is 16.0 Å². The predicted octanol–water partition coefficient (Wildman–Crippen LogP) is 4.71. The molecule has 2 nitrogen and oxygen atoms in total. The van der Waals surface area contributed by atoms with E-state index in [1.807, 2.05) is 38.1 Å². The van der Waals surface area contributed by atoms with E-state index in [0.29, 0.717) is 5.89 Å². The molecule has 0 spiro atoms. The van der Waals surface area contributed by atoms with Gasteiger partial charge in [-0.2, -0.15) is 0 Å². The Hall–Kier alpha value is -0.800. The minimum absolute atomic E-state index is 0.206. The van der Waals surface area contributed by atoms with Crippen LogP contribution in [0.5, 0.6) is 0 Å². The van der Waals surface area contributed by atoms with Gasteiger partial charge < -0.3 is 4.42 Å². The molecule has 2 rings (SSSR count). The van der Waals surface area contributed by atoms with Gasteiger partial charge in [0.1, 0.15) is 5.38 Å². The molecule has 0 saturated carbocycles. The molecule has 1 heterocycles. The lowest BCUT2D eigenvalue weighted by molar-refractivity contribution is 0.508. The highest BCUT2D eigenvalue weighted by atomic mass is 79.9. The molecular weight excluding hydrogens is 289 g/mol. The Balaban J connectivity index is 2.44. The zero-order valence-electron chi connectivity index (χ0n) is 9.00. The number of alkyl halides is 1. The van der Waals surface area contributed by atoms with Crippen molar-refractivity contribution in [3.8, 4) is 11.3 Å². The van der Waals surface area contributed by atoms with Crippen LogP contribution in [-0.2, 0) is 0 Å². The molecule has 1 atom stereocenters. The molecule has 1 unspecified atom stereocenters. The highest BCUT2D eigenvalue weighted by molar-refractivity contribution is 9.10. The fraction of sp³-hybridized carbons (Fsp3) is 0.250. The Morgan fingerprint density at radius 3 is 2.44 bits per heavy atom. The molecule has 1 aromatic carbocycles. The van der Waals surface area contributed by atoms with Crippen molar-refractivity contribution in [2.45, 2.75) is 19.2 Å². The zero-order chi connectivity index (χ0) is 11.7. The van der Waals surface area contributed by atoms with Gasteiger partial charge in [0.15, 0.2) is 5.76 Å². The molecule has 0 bridgehead atoms. The summed E-state index contributed by atoms with van der Waals surface area (Å²) in [6.07, 6.45) is 0. The average Bonchev–Trinajstić information content (AvgIpc) is 2.62. The fourth-order valence-corrected chi connectivity index (χ4v) is 1.81. The normalized spacial score (nSPS) is 12.8. The van der Waals surface area contributed by atoms with Crippen molar-refractivity contribution in [1.29, 1.82) is 0 Å². The topological polar surface area (TPSA) is 26.0 Å². The molecule has 0 aliphatic rings. The van der Waals surface area contributed by atoms with Crippen LogP contribution >= 0.6 is 27.5 Å². The molecule has 0 N–H and O–H groups in total. The number of oxazole rings is 1. The summed E-state index contributed by atoms with van der Waals surface area (Å²) in [7, 11) is 0. The van der Waals surface area contributed by atoms with E-state index in [-0.39, 0.29) is 5.38 Å². The number of halogens is 2. The first-order valence-corrected chi connectivity index (χ1v) is 6.18. The summed E-state index contributed by atoms with van der Waals surface area (Å²) in [6.45, 7) is 3.77. The van der Waals surface area contributed by atoms with E-state index >= 15 is 0 Å². The largest absolute Gasteiger partial charge is 0.439 e. The van der Waals surface area contributed by atoms with Gasteiger partial charge >= 0.3 is 0 Å². The third-order valence-electron chi connectivity index (χ3n) is 2.26. The van der Waals surface area contributed by atoms with Crippen LogP contribution in [0.2, 0.25) is 0 Å². The monoisotopic (exact) mass is 299 g/mol. The number of nitrogens with zero attached hydrogens (tertiary/aromatic N) is 1. The summed E-state index contributed by atoms with van der Waals surface area (Å²) in [5.41, 5.74) is 1.88. The van der Waals surface area contributed by atoms with Crippen LogP contribution in [-0.4, -0.2) is 4.98 Å². The summed E-state index contributed by atoms with van der Waals surface area (Å²) in [5, 5.41) is -0.206. The Morgan fingerprint density at radius 2 is 1.94 bits per heavy atom. The first-order chi connectivity index (χ1) is 7.58. The molecule has 0 radical (unpaired) electrons. The lowest BCUT2D eigenvalue weighted by Crippen LogP contribution is -1.82. The maximum atomic E-state index is 5.94. The minimum atomic E-state index is -0.206. The molecule has 4 heteroatoms. The Bertz CT molecular complexity index is 490. The predicted molar refractivity (Wildman–Crippen MR) is 68.6 cm³/mol. The summed E-state index contributed by atoms with van der Waals surface area (Å²) in [4.78, 5) is 4.30. The molecule has 0 aliphatic heterocycles. The van der Waals surface area contributed by atoms with E-state index in [0.717, 1.165) is 21.5 Å². The zero-order valence-corrected chi connectivity index (χ0v) is 11.3. The van der Waals surface area contributed by atoms with Crippen molar-refractivity contribution >= 4 is 27.5 Å². The molecule has 0 saturated heterocycles. The summed E-state index contributed by atoms with van der Waals surface area (Å²) >= 11 is 9.33. The van der Waals surface area contributed by atoms with Gasteiger partial charge in [-0.25, -0.2) is 4.98 Å². The third-order valence-corrected chi connectivity index (χ3v) is 2.98. The second-order valence-corrected chi connectivity index (χ2v) is 5.16. The number of hydrogen-bond acceptors (Lipinski definition) is 2. The van der Waals surface area contributed by atoms with Crippen LogP contribution in [0.15, 0.2) is 33.2 Å². The van der Waals surface area contributed by atoms with Crippen molar-refractivity contribution in [3.05, 3.63) is 40.3 Å². The quantitative estimate of drug-likeness (QED) is 0.751. The molecule has 0 amide bonds. The second-order valence-electron chi connectivity index (χ2n) is 3.59. The molecule has 0 aliphatic carbocycles. The molecule has 0 fully saturated rings. The minimum Gasteiger partial charge on any atom is -0.439 e. The summed E-state index contributed by atoms with van der Waals surface area (Å²) in [5.74, 6) is 1.35. The highest BCUT2D eigenvalue weighted by Crippen LogP contribution is 2.29. The lowest BCUT2D eigenvalue weighted by Gasteiger charge is -1.98. The van der Waals surface area contributed by atoms with Crippen molar-refractivity contribution < 1.29 is 4.42 Å². The highest BCUT2D eigenvalue weighted by Gasteiger charge is 2.14. The maximum absolute atomic E-state index is 5.94. The summed E-state index contributed by atoms with van der Waals surface area (Å²) < 4.78 is 6.68. The first kappa shape index (κ1) is 11.7. The summed E-state index contributed by atoms with van der Waals surface area (Å²) in [6, 6.07) is 7.92. The van der Waals surface area contributed by atoms with E-state index in [2.05, 4.69) is 20.9 Å². The van der Waals surface area contributed by atoms with Gasteiger partial charge in [-0.3, -0.25) is 0 Å². The van der Waals surface area contributed by atoms with E-state index < -0.39 is 0 Å². The lowest BCUT2D eigenvalue weighted by atomic mass is 10.1. The number of hydrogen-bond donors (Lipinski definition) is 0. The van der Waals surface area contributed by atoms with Crippen LogP contribution in [0.1, 0.15) is 23.9 Å². The van der Waals surface area contributed by atoms with Gasteiger partial charge in [-0.15, -0.1) is 11.6 Å². The number of aryl methyl sites for hydroxylation is 1. The third kappa shape index (κ3) is 2.30. The van der Waals surface area contributed by atoms with E-state index in [9.17, 15) is 0 Å². The van der Waals surface area contributed by atoms with Crippen LogP contribution in [0.4, 0.5) is 0 Å². The van der Waals surface area contributed by atoms with Crippen molar-refractivity contribution in [3.63, 3.8) is 0 Å². The first-order valence-electron chi connectivity index (χ1n) is 4.95. The molecule has 2 aromatic rings. The molecule has 1 aromatic heterocycles. The van der Waals surface area contributed by atoms with Crippen molar-refractivity contribution in [2.24, 2.45) is 0 Å². The van der Waals surface area contributed by atoms with Gasteiger partial charge in [0.05, 0.1) is 5.69 Å². The number of aromatic nitrogens is 1. The van der Waals surface area contributed by atoms with Gasteiger partial charge in [0.25, 0.3) is 0 Å². The average molecular weight is 301 g/mol. The Morgan fingerprint density at radius 1 is 1.31 bits per heavy atom. The molecule has 16 heavy (non-hydrogen) atoms. The standard InChI is InChI=1S/C12H11BrClNO/c1-7(14)12-15-8(2)11(16-12)9-3-5-10(13)6-4-9/h3-7H,1-2H3. The Kier molecular flexibility index (Phi) is 3.36. The maximum Gasteiger partial charge on any atom is 0.212 e. The van der Waals surface area contributed by atoms with Crippen LogP contribution in [0.25, 0.3) is 11.3 Å². The van der Waals surface area contributed by atoms with Crippen molar-refractivity contribution in [2.75, 3.05) is 0 Å². The Labute approximate surface area is 108 Å². The fourth-order valence-electron chi connectivity index (χ4n) is 1.46. The van der Waals surface area contributed by atoms with E-state index in [1.54, 1.807) is 0 Å². The molecule has 84 valence electrons. The van der Waals surface area contributed by atoms with Gasteiger partial charge in [0, 0.05) is 10.0 Å². The number of rotatable bonds is 2. The van der Waals surface area contributed by atoms with Crippen molar-refractivity contribution in [1.82, 2.24) is 4.98 Å². The smallest absolute Gasteiger partial charge is 0.212 e. The van der Waals surface area contributed by atoms with Gasteiger partial charge in [0.2, 0.25) is 5.89 Å². The SMILES string of the molecule is Cc1nc(C(C)Cl)oc1-c1ccc(Br)cc1.